The summed E-state index contributed by atoms with van der Waals surface area (Å²) < 4.78 is 4.22. The van der Waals surface area contributed by atoms with E-state index in [-0.39, 0.29) is 5.54 Å². The fourth-order valence-electron chi connectivity index (χ4n) is 1.55. The molecule has 0 saturated heterocycles. The standard InChI is InChI=1S/C13H18N3/c1-11-5-6-14-12(9-11)15-7-8-16(10-15)13(2,3)4/h5-10H,1-4H3/q+1. The van der Waals surface area contributed by atoms with Crippen molar-refractivity contribution in [3.05, 3.63) is 42.6 Å². The molecule has 2 aromatic heterocycles. The van der Waals surface area contributed by atoms with Gasteiger partial charge in [-0.25, -0.2) is 9.55 Å². The summed E-state index contributed by atoms with van der Waals surface area (Å²) in [5.41, 5.74) is 1.33. The fourth-order valence-corrected chi connectivity index (χ4v) is 1.55. The van der Waals surface area contributed by atoms with Crippen LogP contribution in [-0.2, 0) is 5.54 Å². The third-order valence-electron chi connectivity index (χ3n) is 2.58. The van der Waals surface area contributed by atoms with Crippen molar-refractivity contribution >= 4 is 0 Å². The number of hydrogen-bond donors (Lipinski definition) is 0. The Labute approximate surface area is 96.4 Å². The highest BCUT2D eigenvalue weighted by Crippen LogP contribution is 2.08. The second-order valence-corrected chi connectivity index (χ2v) is 5.09. The van der Waals surface area contributed by atoms with E-state index in [1.54, 1.807) is 0 Å². The van der Waals surface area contributed by atoms with Crippen LogP contribution >= 0.6 is 0 Å². The van der Waals surface area contributed by atoms with Crippen molar-refractivity contribution in [2.24, 2.45) is 0 Å². The predicted molar refractivity (Wildman–Crippen MR) is 63.5 cm³/mol. The van der Waals surface area contributed by atoms with E-state index in [0.717, 1.165) is 5.82 Å². The Morgan fingerprint density at radius 3 is 2.62 bits per heavy atom. The lowest BCUT2D eigenvalue weighted by atomic mass is 10.1. The smallest absolute Gasteiger partial charge is 0.232 e. The maximum atomic E-state index is 4.35. The number of nitrogens with zero attached hydrogens (tertiary/aromatic N) is 3. The first-order chi connectivity index (χ1) is 7.47. The van der Waals surface area contributed by atoms with Gasteiger partial charge in [0.2, 0.25) is 5.82 Å². The van der Waals surface area contributed by atoms with E-state index in [0.29, 0.717) is 0 Å². The SMILES string of the molecule is Cc1ccnc(-n2cc[n+](C(C)(C)C)c2)c1. The van der Waals surface area contributed by atoms with Crippen LogP contribution < -0.4 is 4.57 Å². The van der Waals surface area contributed by atoms with Crippen LogP contribution in [0.4, 0.5) is 0 Å². The first-order valence-electron chi connectivity index (χ1n) is 5.49. The van der Waals surface area contributed by atoms with Crippen molar-refractivity contribution < 1.29 is 4.57 Å². The minimum absolute atomic E-state index is 0.106. The molecule has 0 spiro atoms. The minimum atomic E-state index is 0.106. The lowest BCUT2D eigenvalue weighted by Crippen LogP contribution is -2.48. The molecule has 0 aromatic carbocycles. The molecule has 0 aliphatic rings. The Morgan fingerprint density at radius 2 is 2.06 bits per heavy atom. The van der Waals surface area contributed by atoms with E-state index in [1.807, 2.05) is 23.0 Å². The molecule has 0 unspecified atom stereocenters. The third-order valence-corrected chi connectivity index (χ3v) is 2.58. The lowest BCUT2D eigenvalue weighted by molar-refractivity contribution is -0.753. The zero-order valence-corrected chi connectivity index (χ0v) is 10.3. The molecule has 0 aliphatic heterocycles. The van der Waals surface area contributed by atoms with Crippen molar-refractivity contribution in [3.8, 4) is 5.82 Å². The molecular formula is C13H18N3+. The molecule has 0 bridgehead atoms. The monoisotopic (exact) mass is 216 g/mol. The summed E-state index contributed by atoms with van der Waals surface area (Å²) in [4.78, 5) is 4.35. The summed E-state index contributed by atoms with van der Waals surface area (Å²) in [5.74, 6) is 0.961. The molecule has 0 saturated carbocycles. The van der Waals surface area contributed by atoms with Gasteiger partial charge in [0.25, 0.3) is 6.33 Å². The molecule has 84 valence electrons. The molecule has 0 aliphatic carbocycles. The van der Waals surface area contributed by atoms with Gasteiger partial charge >= 0.3 is 0 Å². The van der Waals surface area contributed by atoms with E-state index in [9.17, 15) is 0 Å². The van der Waals surface area contributed by atoms with Gasteiger partial charge in [-0.2, -0.15) is 4.57 Å². The second-order valence-electron chi connectivity index (χ2n) is 5.09. The molecule has 3 nitrogen and oxygen atoms in total. The first kappa shape index (κ1) is 10.9. The van der Waals surface area contributed by atoms with Gasteiger partial charge in [-0.3, -0.25) is 0 Å². The number of imidazole rings is 1. The molecular weight excluding hydrogens is 198 g/mol. The van der Waals surface area contributed by atoms with Crippen LogP contribution in [0.25, 0.3) is 5.82 Å². The maximum absolute atomic E-state index is 4.35. The van der Waals surface area contributed by atoms with Gasteiger partial charge in [0, 0.05) is 12.3 Å². The number of aromatic nitrogens is 3. The summed E-state index contributed by atoms with van der Waals surface area (Å²) in [6.45, 7) is 8.62. The van der Waals surface area contributed by atoms with Crippen molar-refractivity contribution in [2.75, 3.05) is 0 Å². The topological polar surface area (TPSA) is 21.7 Å². The number of aryl methyl sites for hydroxylation is 1. The lowest BCUT2D eigenvalue weighted by Gasteiger charge is -2.13. The predicted octanol–water partition coefficient (Wildman–Crippen LogP) is 2.22. The molecule has 0 radical (unpaired) electrons. The van der Waals surface area contributed by atoms with Crippen molar-refractivity contribution in [1.29, 1.82) is 0 Å². The van der Waals surface area contributed by atoms with E-state index < -0.39 is 0 Å². The number of hydrogen-bond acceptors (Lipinski definition) is 1. The number of pyridine rings is 1. The fraction of sp³-hybridized carbons (Fsp3) is 0.385. The van der Waals surface area contributed by atoms with Gasteiger partial charge in [-0.1, -0.05) is 0 Å². The number of rotatable bonds is 1. The quantitative estimate of drug-likeness (QED) is 0.670. The van der Waals surface area contributed by atoms with E-state index >= 15 is 0 Å². The van der Waals surface area contributed by atoms with Gasteiger partial charge in [-0.05, 0) is 39.3 Å². The average Bonchev–Trinajstić information content (AvgIpc) is 2.65. The van der Waals surface area contributed by atoms with Gasteiger partial charge in [-0.15, -0.1) is 0 Å². The Bertz CT molecular complexity index is 492. The molecule has 16 heavy (non-hydrogen) atoms. The Hall–Kier alpha value is -1.64. The molecule has 2 aromatic rings. The van der Waals surface area contributed by atoms with Crippen LogP contribution in [-0.4, -0.2) is 9.55 Å². The highest BCUT2D eigenvalue weighted by Gasteiger charge is 2.19. The summed E-state index contributed by atoms with van der Waals surface area (Å²) in [5, 5.41) is 0. The van der Waals surface area contributed by atoms with Crippen LogP contribution in [0.1, 0.15) is 26.3 Å². The van der Waals surface area contributed by atoms with Gasteiger partial charge in [0.05, 0.1) is 0 Å². The maximum Gasteiger partial charge on any atom is 0.250 e. The average molecular weight is 216 g/mol. The summed E-state index contributed by atoms with van der Waals surface area (Å²) in [6, 6.07) is 4.08. The molecule has 0 atom stereocenters. The van der Waals surface area contributed by atoms with Crippen molar-refractivity contribution in [3.63, 3.8) is 0 Å². The van der Waals surface area contributed by atoms with Crippen molar-refractivity contribution in [2.45, 2.75) is 33.2 Å². The van der Waals surface area contributed by atoms with Crippen LogP contribution in [0.5, 0.6) is 0 Å². The van der Waals surface area contributed by atoms with Crippen LogP contribution in [0.15, 0.2) is 37.1 Å². The minimum Gasteiger partial charge on any atom is -0.232 e. The van der Waals surface area contributed by atoms with E-state index in [4.69, 9.17) is 0 Å². The van der Waals surface area contributed by atoms with Gasteiger partial charge in [0.15, 0.2) is 0 Å². The molecule has 3 heteroatoms. The molecule has 2 heterocycles. The van der Waals surface area contributed by atoms with Crippen LogP contribution in [0, 0.1) is 6.92 Å². The van der Waals surface area contributed by atoms with Gasteiger partial charge < -0.3 is 0 Å². The summed E-state index contributed by atoms with van der Waals surface area (Å²) in [6.07, 6.45) is 8.02. The van der Waals surface area contributed by atoms with Gasteiger partial charge in [0.1, 0.15) is 17.9 Å². The summed E-state index contributed by atoms with van der Waals surface area (Å²) >= 11 is 0. The molecule has 2 rings (SSSR count). The largest absolute Gasteiger partial charge is 0.250 e. The zero-order valence-electron chi connectivity index (χ0n) is 10.3. The molecule has 0 N–H and O–H groups in total. The Morgan fingerprint density at radius 1 is 1.31 bits per heavy atom. The van der Waals surface area contributed by atoms with E-state index in [1.165, 1.54) is 5.56 Å². The first-order valence-corrected chi connectivity index (χ1v) is 5.49. The highest BCUT2D eigenvalue weighted by molar-refractivity contribution is 5.26. The van der Waals surface area contributed by atoms with E-state index in [2.05, 4.69) is 55.8 Å². The summed E-state index contributed by atoms with van der Waals surface area (Å²) in [7, 11) is 0. The molecule has 0 fully saturated rings. The zero-order chi connectivity index (χ0) is 11.8. The molecule has 0 amide bonds. The Balaban J connectivity index is 2.39. The normalized spacial score (nSPS) is 11.8. The Kier molecular flexibility index (Phi) is 2.54. The van der Waals surface area contributed by atoms with Crippen LogP contribution in [0.3, 0.4) is 0 Å². The second kappa shape index (κ2) is 3.74. The van der Waals surface area contributed by atoms with Crippen LogP contribution in [0.2, 0.25) is 0 Å². The third kappa shape index (κ3) is 2.13. The highest BCUT2D eigenvalue weighted by atomic mass is 15.2. The van der Waals surface area contributed by atoms with Crippen molar-refractivity contribution in [1.82, 2.24) is 9.55 Å².